The molecular formula is C10H15N3O. The van der Waals surface area contributed by atoms with E-state index in [9.17, 15) is 4.79 Å². The molecule has 76 valence electrons. The van der Waals surface area contributed by atoms with Gasteiger partial charge in [-0.1, -0.05) is 12.1 Å². The lowest BCUT2D eigenvalue weighted by atomic mass is 10.1. The molecule has 3 N–H and O–H groups in total. The third-order valence-corrected chi connectivity index (χ3v) is 1.78. The molecule has 1 aromatic rings. The normalized spacial score (nSPS) is 10.3. The number of benzene rings is 1. The van der Waals surface area contributed by atoms with E-state index in [1.54, 1.807) is 31.2 Å². The molecule has 0 aliphatic rings. The summed E-state index contributed by atoms with van der Waals surface area (Å²) in [6, 6.07) is 7.23. The van der Waals surface area contributed by atoms with Gasteiger partial charge in [-0.15, -0.1) is 0 Å². The largest absolute Gasteiger partial charge is 0.326 e. The van der Waals surface area contributed by atoms with Crippen molar-refractivity contribution in [3.05, 3.63) is 35.4 Å². The zero-order valence-electron chi connectivity index (χ0n) is 8.45. The third kappa shape index (κ3) is 2.83. The third-order valence-electron chi connectivity index (χ3n) is 1.78. The number of hydrazine groups is 1. The number of carbonyl (C=O) groups is 1. The zero-order chi connectivity index (χ0) is 10.6. The number of hydrogen-bond acceptors (Lipinski definition) is 3. The van der Waals surface area contributed by atoms with Crippen LogP contribution in [0, 0.1) is 0 Å². The van der Waals surface area contributed by atoms with E-state index in [1.807, 2.05) is 12.1 Å². The van der Waals surface area contributed by atoms with Crippen molar-refractivity contribution in [2.75, 3.05) is 14.1 Å². The van der Waals surface area contributed by atoms with E-state index in [1.165, 1.54) is 0 Å². The molecule has 0 aliphatic heterocycles. The van der Waals surface area contributed by atoms with Gasteiger partial charge in [0.25, 0.3) is 5.91 Å². The molecule has 1 rings (SSSR count). The van der Waals surface area contributed by atoms with E-state index < -0.39 is 0 Å². The lowest BCUT2D eigenvalue weighted by Crippen LogP contribution is -2.36. The Morgan fingerprint density at radius 1 is 1.36 bits per heavy atom. The van der Waals surface area contributed by atoms with E-state index in [-0.39, 0.29) is 5.91 Å². The molecule has 0 atom stereocenters. The Balaban J connectivity index is 2.71. The second kappa shape index (κ2) is 4.74. The van der Waals surface area contributed by atoms with Crippen molar-refractivity contribution in [3.8, 4) is 0 Å². The molecule has 0 saturated heterocycles. The number of nitrogens with zero attached hydrogens (tertiary/aromatic N) is 1. The molecule has 1 aromatic carbocycles. The highest BCUT2D eigenvalue weighted by Gasteiger charge is 2.04. The Morgan fingerprint density at radius 2 is 1.93 bits per heavy atom. The number of amides is 1. The molecule has 14 heavy (non-hydrogen) atoms. The van der Waals surface area contributed by atoms with Crippen LogP contribution in [0.2, 0.25) is 0 Å². The molecule has 4 nitrogen and oxygen atoms in total. The molecule has 4 heteroatoms. The fourth-order valence-electron chi connectivity index (χ4n) is 1.06. The summed E-state index contributed by atoms with van der Waals surface area (Å²) in [6.07, 6.45) is 0. The zero-order valence-corrected chi connectivity index (χ0v) is 8.45. The molecule has 0 fully saturated rings. The van der Waals surface area contributed by atoms with Crippen LogP contribution in [-0.4, -0.2) is 25.0 Å². The number of nitrogens with two attached hydrogens (primary N) is 1. The highest BCUT2D eigenvalue weighted by Crippen LogP contribution is 2.03. The first-order valence-corrected chi connectivity index (χ1v) is 4.41. The van der Waals surface area contributed by atoms with Gasteiger partial charge < -0.3 is 5.73 Å². The topological polar surface area (TPSA) is 58.4 Å². The molecular weight excluding hydrogens is 178 g/mol. The van der Waals surface area contributed by atoms with Gasteiger partial charge in [0.05, 0.1) is 0 Å². The lowest BCUT2D eigenvalue weighted by molar-refractivity contribution is 0.0857. The van der Waals surface area contributed by atoms with Gasteiger partial charge in [0.2, 0.25) is 0 Å². The van der Waals surface area contributed by atoms with Crippen LogP contribution in [0.1, 0.15) is 15.9 Å². The number of nitrogens with one attached hydrogen (secondary N) is 1. The van der Waals surface area contributed by atoms with Crippen LogP contribution in [-0.2, 0) is 6.54 Å². The Kier molecular flexibility index (Phi) is 3.62. The maximum Gasteiger partial charge on any atom is 0.265 e. The van der Waals surface area contributed by atoms with Crippen LogP contribution >= 0.6 is 0 Å². The summed E-state index contributed by atoms with van der Waals surface area (Å²) in [5.41, 5.74) is 9.76. The molecule has 0 heterocycles. The summed E-state index contributed by atoms with van der Waals surface area (Å²) in [5, 5.41) is 1.61. The minimum absolute atomic E-state index is 0.112. The standard InChI is InChI=1S/C10H15N3O/c1-13(2)12-10(14)9-5-3-8(7-11)4-6-9/h3-6H,7,11H2,1-2H3,(H,12,14). The summed E-state index contributed by atoms with van der Waals surface area (Å²) in [7, 11) is 3.54. The first kappa shape index (κ1) is 10.7. The minimum atomic E-state index is -0.112. The Hall–Kier alpha value is -1.39. The minimum Gasteiger partial charge on any atom is -0.326 e. The van der Waals surface area contributed by atoms with Gasteiger partial charge in [-0.25, -0.2) is 5.01 Å². The highest BCUT2D eigenvalue weighted by atomic mass is 16.2. The molecule has 0 aliphatic carbocycles. The van der Waals surface area contributed by atoms with E-state index in [2.05, 4.69) is 5.43 Å². The molecule has 0 unspecified atom stereocenters. The van der Waals surface area contributed by atoms with Crippen molar-refractivity contribution >= 4 is 5.91 Å². The average Bonchev–Trinajstić information content (AvgIpc) is 2.17. The summed E-state index contributed by atoms with van der Waals surface area (Å²) < 4.78 is 0. The van der Waals surface area contributed by atoms with Crippen LogP contribution in [0.3, 0.4) is 0 Å². The van der Waals surface area contributed by atoms with E-state index in [4.69, 9.17) is 5.73 Å². The quantitative estimate of drug-likeness (QED) is 0.681. The van der Waals surface area contributed by atoms with Crippen molar-refractivity contribution in [1.82, 2.24) is 10.4 Å². The predicted molar refractivity (Wildman–Crippen MR) is 55.5 cm³/mol. The number of hydrogen-bond donors (Lipinski definition) is 2. The van der Waals surface area contributed by atoms with Gasteiger partial charge in [-0.2, -0.15) is 0 Å². The maximum absolute atomic E-state index is 11.5. The van der Waals surface area contributed by atoms with Crippen molar-refractivity contribution in [1.29, 1.82) is 0 Å². The number of rotatable bonds is 3. The molecule has 0 spiro atoms. The van der Waals surface area contributed by atoms with E-state index >= 15 is 0 Å². The summed E-state index contributed by atoms with van der Waals surface area (Å²) in [5.74, 6) is -0.112. The monoisotopic (exact) mass is 193 g/mol. The van der Waals surface area contributed by atoms with Crippen molar-refractivity contribution in [3.63, 3.8) is 0 Å². The maximum atomic E-state index is 11.5. The van der Waals surface area contributed by atoms with Crippen LogP contribution in [0.4, 0.5) is 0 Å². The van der Waals surface area contributed by atoms with Gasteiger partial charge in [-0.3, -0.25) is 10.2 Å². The first-order valence-electron chi connectivity index (χ1n) is 4.41. The second-order valence-electron chi connectivity index (χ2n) is 3.24. The first-order chi connectivity index (χ1) is 6.63. The summed E-state index contributed by atoms with van der Waals surface area (Å²) in [4.78, 5) is 11.5. The fraction of sp³-hybridized carbons (Fsp3) is 0.300. The average molecular weight is 193 g/mol. The van der Waals surface area contributed by atoms with Gasteiger partial charge in [0, 0.05) is 26.2 Å². The molecule has 0 bridgehead atoms. The fourth-order valence-corrected chi connectivity index (χ4v) is 1.06. The van der Waals surface area contributed by atoms with Gasteiger partial charge >= 0.3 is 0 Å². The lowest BCUT2D eigenvalue weighted by Gasteiger charge is -2.11. The Bertz CT molecular complexity index is 306. The number of carbonyl (C=O) groups excluding carboxylic acids is 1. The van der Waals surface area contributed by atoms with Crippen LogP contribution < -0.4 is 11.2 Å². The Morgan fingerprint density at radius 3 is 2.36 bits per heavy atom. The van der Waals surface area contributed by atoms with Gasteiger partial charge in [0.1, 0.15) is 0 Å². The van der Waals surface area contributed by atoms with Crippen molar-refractivity contribution in [2.45, 2.75) is 6.54 Å². The molecule has 0 aromatic heterocycles. The summed E-state index contributed by atoms with van der Waals surface area (Å²) in [6.45, 7) is 0.496. The SMILES string of the molecule is CN(C)NC(=O)c1ccc(CN)cc1. The van der Waals surface area contributed by atoms with Crippen LogP contribution in [0.5, 0.6) is 0 Å². The van der Waals surface area contributed by atoms with Crippen molar-refractivity contribution in [2.24, 2.45) is 5.73 Å². The predicted octanol–water partition coefficient (Wildman–Crippen LogP) is 0.352. The molecule has 0 saturated carbocycles. The van der Waals surface area contributed by atoms with Crippen LogP contribution in [0.25, 0.3) is 0 Å². The van der Waals surface area contributed by atoms with E-state index in [0.717, 1.165) is 5.56 Å². The Labute approximate surface area is 83.7 Å². The van der Waals surface area contributed by atoms with Gasteiger partial charge in [-0.05, 0) is 17.7 Å². The highest BCUT2D eigenvalue weighted by molar-refractivity contribution is 5.93. The summed E-state index contributed by atoms with van der Waals surface area (Å²) >= 11 is 0. The molecule has 1 amide bonds. The van der Waals surface area contributed by atoms with Crippen LogP contribution in [0.15, 0.2) is 24.3 Å². The molecule has 0 radical (unpaired) electrons. The van der Waals surface area contributed by atoms with Gasteiger partial charge in [0.15, 0.2) is 0 Å². The second-order valence-corrected chi connectivity index (χ2v) is 3.24. The smallest absolute Gasteiger partial charge is 0.265 e. The van der Waals surface area contributed by atoms with Crippen molar-refractivity contribution < 1.29 is 4.79 Å². The van der Waals surface area contributed by atoms with E-state index in [0.29, 0.717) is 12.1 Å².